The van der Waals surface area contributed by atoms with E-state index >= 15 is 0 Å². The molecule has 150 valence electrons. The molecule has 0 spiro atoms. The average molecular weight is 393 g/mol. The maximum atomic E-state index is 12.7. The Morgan fingerprint density at radius 3 is 2.38 bits per heavy atom. The highest BCUT2D eigenvalue weighted by Crippen LogP contribution is 2.24. The summed E-state index contributed by atoms with van der Waals surface area (Å²) in [6, 6.07) is 12.7. The van der Waals surface area contributed by atoms with E-state index in [9.17, 15) is 19.2 Å². The Balaban J connectivity index is 1.77. The molecular weight excluding hydrogens is 370 g/mol. The molecule has 0 aliphatic carbocycles. The highest BCUT2D eigenvalue weighted by atomic mass is 16.2. The SMILES string of the molecule is CCCCN1C(=O)c2ccc(C(=O)N[C@H](Cc3ccccc3)C(N)=O)cc2C1=O. The van der Waals surface area contributed by atoms with Crippen molar-refractivity contribution in [1.82, 2.24) is 10.2 Å². The molecule has 0 radical (unpaired) electrons. The molecule has 7 heteroatoms. The largest absolute Gasteiger partial charge is 0.368 e. The van der Waals surface area contributed by atoms with Gasteiger partial charge in [-0.25, -0.2) is 0 Å². The van der Waals surface area contributed by atoms with Gasteiger partial charge in [0.05, 0.1) is 11.1 Å². The van der Waals surface area contributed by atoms with E-state index in [2.05, 4.69) is 5.32 Å². The van der Waals surface area contributed by atoms with Crippen LogP contribution in [0.25, 0.3) is 0 Å². The van der Waals surface area contributed by atoms with Crippen molar-refractivity contribution in [3.8, 4) is 0 Å². The normalized spacial score (nSPS) is 13.9. The number of carbonyl (C=O) groups excluding carboxylic acids is 4. The zero-order valence-corrected chi connectivity index (χ0v) is 16.2. The first-order valence-electron chi connectivity index (χ1n) is 9.56. The molecule has 0 aromatic heterocycles. The molecular formula is C22H23N3O4. The number of hydrogen-bond acceptors (Lipinski definition) is 4. The van der Waals surface area contributed by atoms with Crippen molar-refractivity contribution in [2.45, 2.75) is 32.2 Å². The molecule has 1 heterocycles. The van der Waals surface area contributed by atoms with Gasteiger partial charge in [0.2, 0.25) is 5.91 Å². The first-order chi connectivity index (χ1) is 13.9. The van der Waals surface area contributed by atoms with Crippen LogP contribution in [0.1, 0.15) is 56.4 Å². The van der Waals surface area contributed by atoms with Crippen molar-refractivity contribution in [2.75, 3.05) is 6.54 Å². The molecule has 3 N–H and O–H groups in total. The van der Waals surface area contributed by atoms with Gasteiger partial charge in [-0.2, -0.15) is 0 Å². The number of unbranched alkanes of at least 4 members (excludes halogenated alkanes) is 1. The number of rotatable bonds is 8. The van der Waals surface area contributed by atoms with Gasteiger partial charge < -0.3 is 11.1 Å². The summed E-state index contributed by atoms with van der Waals surface area (Å²) in [5, 5.41) is 2.62. The van der Waals surface area contributed by atoms with E-state index in [4.69, 9.17) is 5.73 Å². The lowest BCUT2D eigenvalue weighted by atomic mass is 10.0. The maximum Gasteiger partial charge on any atom is 0.261 e. The number of primary amides is 1. The van der Waals surface area contributed by atoms with Crippen LogP contribution >= 0.6 is 0 Å². The van der Waals surface area contributed by atoms with Gasteiger partial charge in [-0.15, -0.1) is 0 Å². The number of nitrogens with one attached hydrogen (secondary N) is 1. The lowest BCUT2D eigenvalue weighted by molar-refractivity contribution is -0.119. The van der Waals surface area contributed by atoms with Gasteiger partial charge in [-0.1, -0.05) is 43.7 Å². The van der Waals surface area contributed by atoms with Crippen molar-refractivity contribution in [3.05, 3.63) is 70.8 Å². The van der Waals surface area contributed by atoms with Crippen LogP contribution in [0.4, 0.5) is 0 Å². The van der Waals surface area contributed by atoms with Crippen molar-refractivity contribution in [3.63, 3.8) is 0 Å². The molecule has 1 atom stereocenters. The van der Waals surface area contributed by atoms with Crippen LogP contribution in [0.3, 0.4) is 0 Å². The Bertz CT molecular complexity index is 956. The van der Waals surface area contributed by atoms with Crippen molar-refractivity contribution >= 4 is 23.6 Å². The van der Waals surface area contributed by atoms with E-state index in [0.29, 0.717) is 12.1 Å². The van der Waals surface area contributed by atoms with E-state index in [0.717, 1.165) is 18.4 Å². The lowest BCUT2D eigenvalue weighted by Gasteiger charge is -2.16. The Kier molecular flexibility index (Phi) is 6.07. The number of nitrogens with two attached hydrogens (primary N) is 1. The van der Waals surface area contributed by atoms with Gasteiger partial charge in [-0.05, 0) is 30.2 Å². The number of benzene rings is 2. The number of imide groups is 1. The summed E-state index contributed by atoms with van der Waals surface area (Å²) in [6.45, 7) is 2.33. The minimum absolute atomic E-state index is 0.196. The predicted molar refractivity (Wildman–Crippen MR) is 107 cm³/mol. The van der Waals surface area contributed by atoms with Gasteiger partial charge in [0.25, 0.3) is 17.7 Å². The molecule has 2 aromatic carbocycles. The molecule has 4 amide bonds. The fourth-order valence-electron chi connectivity index (χ4n) is 3.27. The van der Waals surface area contributed by atoms with E-state index in [-0.39, 0.29) is 23.5 Å². The monoisotopic (exact) mass is 393 g/mol. The minimum atomic E-state index is -0.892. The molecule has 0 bridgehead atoms. The van der Waals surface area contributed by atoms with Crippen LogP contribution in [0.5, 0.6) is 0 Å². The molecule has 0 unspecified atom stereocenters. The Labute approximate surface area is 168 Å². The smallest absolute Gasteiger partial charge is 0.261 e. The zero-order chi connectivity index (χ0) is 21.0. The van der Waals surface area contributed by atoms with E-state index in [1.807, 2.05) is 37.3 Å². The molecule has 3 rings (SSSR count). The zero-order valence-electron chi connectivity index (χ0n) is 16.2. The summed E-state index contributed by atoms with van der Waals surface area (Å²) < 4.78 is 0. The van der Waals surface area contributed by atoms with Crippen LogP contribution in [0, 0.1) is 0 Å². The quantitative estimate of drug-likeness (QED) is 0.668. The predicted octanol–water partition coefficient (Wildman–Crippen LogP) is 1.91. The van der Waals surface area contributed by atoms with Crippen LogP contribution in [0.15, 0.2) is 48.5 Å². The molecule has 1 aliphatic heterocycles. The molecule has 1 aliphatic rings. The van der Waals surface area contributed by atoms with Crippen LogP contribution in [-0.2, 0) is 11.2 Å². The molecule has 0 saturated carbocycles. The van der Waals surface area contributed by atoms with Crippen molar-refractivity contribution in [1.29, 1.82) is 0 Å². The summed E-state index contributed by atoms with van der Waals surface area (Å²) in [4.78, 5) is 50.6. The summed E-state index contributed by atoms with van der Waals surface area (Å²) in [6.07, 6.45) is 1.84. The van der Waals surface area contributed by atoms with Gasteiger partial charge in [0.15, 0.2) is 0 Å². The van der Waals surface area contributed by atoms with Gasteiger partial charge in [-0.3, -0.25) is 24.1 Å². The number of nitrogens with zero attached hydrogens (tertiary/aromatic N) is 1. The van der Waals surface area contributed by atoms with E-state index in [1.54, 1.807) is 0 Å². The van der Waals surface area contributed by atoms with Crippen LogP contribution in [-0.4, -0.2) is 41.1 Å². The number of carbonyl (C=O) groups is 4. The Morgan fingerprint density at radius 2 is 1.72 bits per heavy atom. The first-order valence-corrected chi connectivity index (χ1v) is 9.56. The summed E-state index contributed by atoms with van der Waals surface area (Å²) >= 11 is 0. The summed E-state index contributed by atoms with van der Waals surface area (Å²) in [5.74, 6) is -1.92. The third-order valence-electron chi connectivity index (χ3n) is 4.90. The summed E-state index contributed by atoms with van der Waals surface area (Å²) in [7, 11) is 0. The Morgan fingerprint density at radius 1 is 1.03 bits per heavy atom. The fourth-order valence-corrected chi connectivity index (χ4v) is 3.27. The highest BCUT2D eigenvalue weighted by molar-refractivity contribution is 6.22. The van der Waals surface area contributed by atoms with Gasteiger partial charge >= 0.3 is 0 Å². The van der Waals surface area contributed by atoms with Crippen molar-refractivity contribution < 1.29 is 19.2 Å². The molecule has 2 aromatic rings. The molecule has 7 nitrogen and oxygen atoms in total. The van der Waals surface area contributed by atoms with Gasteiger partial charge in [0, 0.05) is 18.5 Å². The second-order valence-electron chi connectivity index (χ2n) is 6.99. The molecule has 0 fully saturated rings. The van der Waals surface area contributed by atoms with Crippen molar-refractivity contribution in [2.24, 2.45) is 5.73 Å². The average Bonchev–Trinajstić information content (AvgIpc) is 2.96. The second kappa shape index (κ2) is 8.68. The fraction of sp³-hybridized carbons (Fsp3) is 0.273. The third-order valence-corrected chi connectivity index (χ3v) is 4.90. The Hall–Kier alpha value is -3.48. The third kappa shape index (κ3) is 4.34. The lowest BCUT2D eigenvalue weighted by Crippen LogP contribution is -2.45. The number of hydrogen-bond donors (Lipinski definition) is 2. The maximum absolute atomic E-state index is 12.7. The van der Waals surface area contributed by atoms with Crippen LogP contribution in [0.2, 0.25) is 0 Å². The van der Waals surface area contributed by atoms with E-state index in [1.165, 1.54) is 23.1 Å². The second-order valence-corrected chi connectivity index (χ2v) is 6.99. The topological polar surface area (TPSA) is 110 Å². The standard InChI is InChI=1S/C22H23N3O4/c1-2-3-11-25-21(28)16-10-9-15(13-17(16)22(25)29)20(27)24-18(19(23)26)12-14-7-5-4-6-8-14/h4-10,13,18H,2-3,11-12H2,1H3,(H2,23,26)(H,24,27)/t18-/m1/s1. The highest BCUT2D eigenvalue weighted by Gasteiger charge is 2.35. The molecule has 29 heavy (non-hydrogen) atoms. The van der Waals surface area contributed by atoms with Gasteiger partial charge in [0.1, 0.15) is 6.04 Å². The van der Waals surface area contributed by atoms with E-state index < -0.39 is 23.8 Å². The first kappa shape index (κ1) is 20.3. The number of amides is 4. The minimum Gasteiger partial charge on any atom is -0.368 e. The molecule has 0 saturated heterocycles. The van der Waals surface area contributed by atoms with Crippen LogP contribution < -0.4 is 11.1 Å². The number of fused-ring (bicyclic) bond motifs is 1. The summed E-state index contributed by atoms with van der Waals surface area (Å²) in [5.41, 5.74) is 7.00.